The Balaban J connectivity index is 1.59. The van der Waals surface area contributed by atoms with Crippen molar-refractivity contribution in [3.05, 3.63) is 40.3 Å². The lowest BCUT2D eigenvalue weighted by Gasteiger charge is -2.42. The quantitative estimate of drug-likeness (QED) is 0.326. The molecule has 0 saturated heterocycles. The molecule has 4 rings (SSSR count). The van der Waals surface area contributed by atoms with Crippen LogP contribution in [0.2, 0.25) is 0 Å². The third-order valence-electron chi connectivity index (χ3n) is 7.28. The molecule has 38 heavy (non-hydrogen) atoms. The molecule has 0 bridgehead atoms. The molecule has 0 aliphatic heterocycles. The number of rotatable bonds is 7. The van der Waals surface area contributed by atoms with Gasteiger partial charge >= 0.3 is 5.97 Å². The van der Waals surface area contributed by atoms with Crippen molar-refractivity contribution in [3.8, 4) is 17.6 Å². The molecule has 0 unspecified atom stereocenters. The van der Waals surface area contributed by atoms with Crippen LogP contribution in [0, 0.1) is 23.2 Å². The highest BCUT2D eigenvalue weighted by Crippen LogP contribution is 2.37. The number of anilines is 1. The lowest BCUT2D eigenvalue weighted by atomic mass is 9.88. The third kappa shape index (κ3) is 7.15. The molecule has 0 atom stereocenters. The Hall–Kier alpha value is -2.89. The summed E-state index contributed by atoms with van der Waals surface area (Å²) in [5.41, 5.74) is 0.228. The maximum Gasteiger partial charge on any atom is 0.348 e. The second-order valence-electron chi connectivity index (χ2n) is 11.4. The Bertz CT molecular complexity index is 1160. The van der Waals surface area contributed by atoms with E-state index in [9.17, 15) is 14.7 Å². The highest BCUT2D eigenvalue weighted by Gasteiger charge is 2.37. The van der Waals surface area contributed by atoms with Gasteiger partial charge in [0.15, 0.2) is 0 Å². The van der Waals surface area contributed by atoms with Gasteiger partial charge in [0.1, 0.15) is 10.6 Å². The van der Waals surface area contributed by atoms with E-state index in [4.69, 9.17) is 4.74 Å². The number of aromatic nitrogens is 1. The van der Waals surface area contributed by atoms with Crippen LogP contribution in [-0.2, 0) is 4.79 Å². The number of hydrazine groups is 1. The van der Waals surface area contributed by atoms with Crippen LogP contribution in [0.3, 0.4) is 0 Å². The molecule has 1 amide bonds. The summed E-state index contributed by atoms with van der Waals surface area (Å²) in [7, 11) is 1.93. The fraction of sp³-hybridized carbons (Fsp3) is 0.567. The van der Waals surface area contributed by atoms with Gasteiger partial charge < -0.3 is 9.84 Å². The zero-order valence-corrected chi connectivity index (χ0v) is 23.7. The molecule has 8 heteroatoms. The summed E-state index contributed by atoms with van der Waals surface area (Å²) < 4.78 is 6.13. The Morgan fingerprint density at radius 1 is 1.11 bits per heavy atom. The first-order valence-corrected chi connectivity index (χ1v) is 14.5. The zero-order valence-electron chi connectivity index (χ0n) is 22.9. The van der Waals surface area contributed by atoms with Gasteiger partial charge in [-0.05, 0) is 77.5 Å². The van der Waals surface area contributed by atoms with E-state index >= 15 is 0 Å². The normalized spacial score (nSPS) is 20.4. The summed E-state index contributed by atoms with van der Waals surface area (Å²) >= 11 is 1.15. The van der Waals surface area contributed by atoms with Crippen molar-refractivity contribution < 1.29 is 19.4 Å². The number of aromatic carboxylic acids is 1. The predicted octanol–water partition coefficient (Wildman–Crippen LogP) is 6.39. The molecular formula is C30H39N3O4S. The maximum absolute atomic E-state index is 14.0. The molecule has 2 aliphatic rings. The summed E-state index contributed by atoms with van der Waals surface area (Å²) in [6.45, 7) is 6.06. The van der Waals surface area contributed by atoms with Crippen molar-refractivity contribution in [2.45, 2.75) is 90.7 Å². The van der Waals surface area contributed by atoms with Gasteiger partial charge in [0.2, 0.25) is 5.91 Å². The fourth-order valence-corrected chi connectivity index (χ4v) is 6.11. The number of ether oxygens (including phenoxy) is 1. The van der Waals surface area contributed by atoms with Crippen molar-refractivity contribution in [3.63, 3.8) is 0 Å². The van der Waals surface area contributed by atoms with E-state index in [2.05, 4.69) is 16.8 Å². The second kappa shape index (κ2) is 12.3. The van der Waals surface area contributed by atoms with Crippen LogP contribution in [0.4, 0.5) is 5.69 Å². The maximum atomic E-state index is 14.0. The SMILES string of the molecule is CN([C@H]1CC[C@@H](Oc2cccnc2)CC1)N(C(=O)C1CCCCC1)c1cc(C#CC(C)(C)C)sc1C(=O)O. The average Bonchev–Trinajstić information content (AvgIpc) is 3.33. The van der Waals surface area contributed by atoms with E-state index < -0.39 is 5.97 Å². The fourth-order valence-electron chi connectivity index (χ4n) is 5.28. The number of hydrogen-bond donors (Lipinski definition) is 1. The van der Waals surface area contributed by atoms with Crippen molar-refractivity contribution in [2.75, 3.05) is 12.1 Å². The third-order valence-corrected chi connectivity index (χ3v) is 8.31. The van der Waals surface area contributed by atoms with Crippen LogP contribution in [0.5, 0.6) is 5.75 Å². The molecule has 2 heterocycles. The molecule has 0 spiro atoms. The van der Waals surface area contributed by atoms with E-state index in [-0.39, 0.29) is 34.3 Å². The highest BCUT2D eigenvalue weighted by molar-refractivity contribution is 7.15. The van der Waals surface area contributed by atoms with E-state index in [1.165, 1.54) is 0 Å². The molecular weight excluding hydrogens is 498 g/mol. The molecule has 7 nitrogen and oxygen atoms in total. The number of carboxylic acids is 1. The van der Waals surface area contributed by atoms with E-state index in [0.717, 1.165) is 74.9 Å². The highest BCUT2D eigenvalue weighted by atomic mass is 32.1. The Labute approximate surface area is 230 Å². The molecule has 2 aromatic heterocycles. The summed E-state index contributed by atoms with van der Waals surface area (Å²) in [5.74, 6) is 5.99. The van der Waals surface area contributed by atoms with Gasteiger partial charge in [-0.25, -0.2) is 14.8 Å². The van der Waals surface area contributed by atoms with Gasteiger partial charge in [0, 0.05) is 30.6 Å². The number of thiophene rings is 1. The first kappa shape index (κ1) is 28.1. The van der Waals surface area contributed by atoms with Gasteiger partial charge in [-0.3, -0.25) is 9.78 Å². The van der Waals surface area contributed by atoms with Crippen molar-refractivity contribution in [1.29, 1.82) is 0 Å². The Kier molecular flexibility index (Phi) is 9.11. The molecule has 1 N–H and O–H groups in total. The number of carboxylic acid groups (broad SMARTS) is 1. The number of nitrogens with zero attached hydrogens (tertiary/aromatic N) is 3. The molecule has 204 valence electrons. The summed E-state index contributed by atoms with van der Waals surface area (Å²) in [6, 6.07) is 5.67. The Morgan fingerprint density at radius 2 is 1.82 bits per heavy atom. The van der Waals surface area contributed by atoms with E-state index in [0.29, 0.717) is 10.6 Å². The molecule has 2 aliphatic carbocycles. The van der Waals surface area contributed by atoms with E-state index in [1.54, 1.807) is 23.5 Å². The first-order chi connectivity index (χ1) is 18.1. The minimum atomic E-state index is -1.03. The average molecular weight is 538 g/mol. The van der Waals surface area contributed by atoms with Gasteiger partial charge in [0.25, 0.3) is 0 Å². The van der Waals surface area contributed by atoms with Crippen LogP contribution >= 0.6 is 11.3 Å². The first-order valence-electron chi connectivity index (χ1n) is 13.7. The van der Waals surface area contributed by atoms with Crippen LogP contribution < -0.4 is 9.75 Å². The van der Waals surface area contributed by atoms with Gasteiger partial charge in [-0.2, -0.15) is 0 Å². The van der Waals surface area contributed by atoms with Gasteiger partial charge in [-0.1, -0.05) is 31.1 Å². The molecule has 2 saturated carbocycles. The van der Waals surface area contributed by atoms with Crippen LogP contribution in [0.1, 0.15) is 93.1 Å². The number of carbonyl (C=O) groups excluding carboxylic acids is 1. The van der Waals surface area contributed by atoms with Crippen LogP contribution in [0.15, 0.2) is 30.6 Å². The zero-order chi connectivity index (χ0) is 27.3. The lowest BCUT2D eigenvalue weighted by Crippen LogP contribution is -2.53. The summed E-state index contributed by atoms with van der Waals surface area (Å²) in [5, 5.41) is 13.8. The smallest absolute Gasteiger partial charge is 0.348 e. The number of amides is 1. The predicted molar refractivity (Wildman–Crippen MR) is 150 cm³/mol. The van der Waals surface area contributed by atoms with E-state index in [1.807, 2.05) is 45.0 Å². The molecule has 2 aromatic rings. The minimum absolute atomic E-state index is 0.00318. The minimum Gasteiger partial charge on any atom is -0.489 e. The number of hydrogen-bond acceptors (Lipinski definition) is 6. The summed E-state index contributed by atoms with van der Waals surface area (Å²) in [4.78, 5) is 31.3. The topological polar surface area (TPSA) is 83.0 Å². The van der Waals surface area contributed by atoms with Crippen LogP contribution in [0.25, 0.3) is 0 Å². The summed E-state index contributed by atoms with van der Waals surface area (Å²) in [6.07, 6.45) is 11.9. The second-order valence-corrected chi connectivity index (χ2v) is 12.5. The van der Waals surface area contributed by atoms with Crippen molar-refractivity contribution >= 4 is 28.9 Å². The number of pyridine rings is 1. The molecule has 0 radical (unpaired) electrons. The molecule has 0 aromatic carbocycles. The monoisotopic (exact) mass is 537 g/mol. The van der Waals surface area contributed by atoms with Gasteiger partial charge in [0.05, 0.1) is 22.9 Å². The van der Waals surface area contributed by atoms with Gasteiger partial charge in [-0.15, -0.1) is 11.3 Å². The lowest BCUT2D eigenvalue weighted by molar-refractivity contribution is -0.127. The van der Waals surface area contributed by atoms with Crippen molar-refractivity contribution in [1.82, 2.24) is 9.99 Å². The standard InChI is InChI=1S/C30H39N3O4S/c1-30(2,3)17-16-25-19-26(27(38-25)29(35)36)33(28(34)21-9-6-5-7-10-21)32(4)22-12-14-23(15-13-22)37-24-11-8-18-31-20-24/h8,11,18-23H,5-7,9-10,12-15H2,1-4H3,(H,35,36)/t22-,23+. The van der Waals surface area contributed by atoms with Crippen molar-refractivity contribution in [2.24, 2.45) is 11.3 Å². The van der Waals surface area contributed by atoms with Crippen LogP contribution in [-0.4, -0.2) is 46.2 Å². The molecule has 2 fully saturated rings. The largest absolute Gasteiger partial charge is 0.489 e. The number of carbonyl (C=O) groups is 2. The Morgan fingerprint density at radius 3 is 2.42 bits per heavy atom.